The van der Waals surface area contributed by atoms with Gasteiger partial charge in [0.1, 0.15) is 11.6 Å². The van der Waals surface area contributed by atoms with E-state index in [0.29, 0.717) is 31.9 Å². The van der Waals surface area contributed by atoms with Crippen LogP contribution in [0.2, 0.25) is 10.0 Å². The minimum Gasteiger partial charge on any atom is -0.468 e. The number of benzene rings is 1. The van der Waals surface area contributed by atoms with Gasteiger partial charge in [0, 0.05) is 0 Å². The smallest absolute Gasteiger partial charge is 0.318 e. The Hall–Kier alpha value is -2.36. The lowest BCUT2D eigenvalue weighted by atomic mass is 10.3. The van der Waals surface area contributed by atoms with Crippen LogP contribution in [0.3, 0.4) is 0 Å². The highest BCUT2D eigenvalue weighted by Crippen LogP contribution is 2.28. The number of rotatable bonds is 4. The lowest BCUT2D eigenvalue weighted by Gasteiger charge is -2.07. The number of esters is 1. The van der Waals surface area contributed by atoms with Crippen LogP contribution in [0, 0.1) is 0 Å². The van der Waals surface area contributed by atoms with Gasteiger partial charge in [0.2, 0.25) is 0 Å². The van der Waals surface area contributed by atoms with Crippen molar-refractivity contribution < 1.29 is 9.53 Å². The Bertz CT molecular complexity index is 1170. The Morgan fingerprint density at radius 3 is 2.78 bits per heavy atom. The van der Waals surface area contributed by atoms with E-state index < -0.39 is 5.25 Å². The molecule has 0 aliphatic carbocycles. The molecular weight excluding hydrogens is 411 g/mol. The Kier molecular flexibility index (Phi) is 4.67. The number of carbonyl (C=O) groups excluding carboxylic acids is 1. The van der Waals surface area contributed by atoms with Gasteiger partial charge < -0.3 is 4.74 Å². The summed E-state index contributed by atoms with van der Waals surface area (Å²) in [6.45, 7) is 1.74. The van der Waals surface area contributed by atoms with Gasteiger partial charge in [-0.05, 0) is 25.1 Å². The van der Waals surface area contributed by atoms with E-state index in [1.807, 2.05) is 0 Å². The van der Waals surface area contributed by atoms with Crippen LogP contribution in [0.4, 0.5) is 0 Å². The fourth-order valence-corrected chi connectivity index (χ4v) is 3.70. The molecule has 0 saturated heterocycles. The minimum absolute atomic E-state index is 0.335. The molecule has 0 radical (unpaired) electrons. The molecule has 8 nitrogen and oxygen atoms in total. The zero-order valence-corrected chi connectivity index (χ0v) is 16.5. The average Bonchev–Trinajstić information content (AvgIpc) is 3.27. The summed E-state index contributed by atoms with van der Waals surface area (Å²) in [5, 5.41) is 14.5. The first-order valence-corrected chi connectivity index (χ1v) is 9.40. The molecule has 3 aromatic heterocycles. The summed E-state index contributed by atoms with van der Waals surface area (Å²) in [4.78, 5) is 16.1. The van der Waals surface area contributed by atoms with E-state index in [1.165, 1.54) is 18.9 Å². The molecule has 4 rings (SSSR count). The first kappa shape index (κ1) is 18.0. The normalized spacial score (nSPS) is 12.6. The number of aromatic nitrogens is 6. The molecule has 11 heteroatoms. The molecule has 138 valence electrons. The molecule has 0 N–H and O–H groups in total. The molecule has 0 aliphatic heterocycles. The van der Waals surface area contributed by atoms with E-state index >= 15 is 0 Å². The fraction of sp³-hybridized carbons (Fsp3) is 0.188. The van der Waals surface area contributed by atoms with E-state index in [4.69, 9.17) is 27.9 Å². The summed E-state index contributed by atoms with van der Waals surface area (Å²) < 4.78 is 8.11. The molecule has 0 bridgehead atoms. The fourth-order valence-electron chi connectivity index (χ4n) is 2.56. The van der Waals surface area contributed by atoms with Crippen LogP contribution in [0.15, 0.2) is 35.9 Å². The number of ether oxygens (including phenoxy) is 1. The number of hydrogen-bond donors (Lipinski definition) is 0. The number of thioether (sulfide) groups is 1. The largest absolute Gasteiger partial charge is 0.468 e. The van der Waals surface area contributed by atoms with Gasteiger partial charge in [0.25, 0.3) is 0 Å². The predicted octanol–water partition coefficient (Wildman–Crippen LogP) is 3.42. The quantitative estimate of drug-likeness (QED) is 0.367. The molecule has 0 saturated carbocycles. The molecule has 0 unspecified atom stereocenters. The zero-order valence-electron chi connectivity index (χ0n) is 14.1. The third kappa shape index (κ3) is 3.11. The second kappa shape index (κ2) is 6.99. The summed E-state index contributed by atoms with van der Waals surface area (Å²) in [6.07, 6.45) is 3.26. The van der Waals surface area contributed by atoms with Crippen molar-refractivity contribution in [1.82, 2.24) is 29.4 Å². The van der Waals surface area contributed by atoms with Crippen LogP contribution in [0.1, 0.15) is 6.92 Å². The summed E-state index contributed by atoms with van der Waals surface area (Å²) in [6, 6.07) is 5.21. The van der Waals surface area contributed by atoms with Crippen LogP contribution in [0.5, 0.6) is 0 Å². The molecule has 0 spiro atoms. The lowest BCUT2D eigenvalue weighted by Crippen LogP contribution is -2.15. The first-order chi connectivity index (χ1) is 13.0. The van der Waals surface area contributed by atoms with Crippen molar-refractivity contribution >= 4 is 57.6 Å². The van der Waals surface area contributed by atoms with Crippen LogP contribution >= 0.6 is 35.0 Å². The van der Waals surface area contributed by atoms with E-state index in [2.05, 4.69) is 20.3 Å². The van der Waals surface area contributed by atoms with E-state index in [-0.39, 0.29) is 5.97 Å². The maximum absolute atomic E-state index is 11.6. The summed E-state index contributed by atoms with van der Waals surface area (Å²) >= 11 is 13.3. The van der Waals surface area contributed by atoms with Gasteiger partial charge in [-0.15, -0.1) is 10.2 Å². The van der Waals surface area contributed by atoms with Gasteiger partial charge in [0.15, 0.2) is 16.5 Å². The van der Waals surface area contributed by atoms with Crippen molar-refractivity contribution in [2.45, 2.75) is 17.3 Å². The second-order valence-electron chi connectivity index (χ2n) is 5.60. The van der Waals surface area contributed by atoms with Crippen LogP contribution in [-0.2, 0) is 9.53 Å². The van der Waals surface area contributed by atoms with Gasteiger partial charge >= 0.3 is 5.97 Å². The number of nitrogens with zero attached hydrogens (tertiary/aromatic N) is 6. The van der Waals surface area contributed by atoms with Crippen molar-refractivity contribution in [3.8, 4) is 5.69 Å². The van der Waals surface area contributed by atoms with Gasteiger partial charge in [-0.25, -0.2) is 9.67 Å². The Morgan fingerprint density at radius 2 is 2.04 bits per heavy atom. The van der Waals surface area contributed by atoms with Crippen molar-refractivity contribution in [3.63, 3.8) is 0 Å². The van der Waals surface area contributed by atoms with E-state index in [1.54, 1.807) is 46.7 Å². The van der Waals surface area contributed by atoms with E-state index in [0.717, 1.165) is 5.69 Å². The maximum Gasteiger partial charge on any atom is 0.318 e. The third-order valence-corrected chi connectivity index (χ3v) is 5.68. The van der Waals surface area contributed by atoms with Crippen molar-refractivity contribution in [1.29, 1.82) is 0 Å². The molecule has 4 aromatic rings. The average molecular weight is 423 g/mol. The Morgan fingerprint density at radius 1 is 1.22 bits per heavy atom. The number of halogens is 2. The van der Waals surface area contributed by atoms with Crippen LogP contribution in [0.25, 0.3) is 22.4 Å². The Balaban J connectivity index is 1.78. The zero-order chi connectivity index (χ0) is 19.1. The van der Waals surface area contributed by atoms with Crippen molar-refractivity contribution in [2.24, 2.45) is 0 Å². The highest BCUT2D eigenvalue weighted by atomic mass is 35.5. The molecule has 1 aromatic carbocycles. The molecular formula is C16H12Cl2N6O2S. The van der Waals surface area contributed by atoms with Crippen LogP contribution < -0.4 is 0 Å². The SMILES string of the molecule is COC(=O)[C@@H](C)Sc1nnc2c3cnn(-c4ccc(Cl)c(Cl)c4)c3ncn12. The minimum atomic E-state index is -0.419. The summed E-state index contributed by atoms with van der Waals surface area (Å²) in [5.74, 6) is -0.335. The second-order valence-corrected chi connectivity index (χ2v) is 7.72. The first-order valence-electron chi connectivity index (χ1n) is 7.77. The number of methoxy groups -OCH3 is 1. The maximum atomic E-state index is 11.6. The van der Waals surface area contributed by atoms with Gasteiger partial charge in [-0.3, -0.25) is 9.20 Å². The summed E-state index contributed by atoms with van der Waals surface area (Å²) in [7, 11) is 1.35. The molecule has 0 aliphatic rings. The third-order valence-electron chi connectivity index (χ3n) is 3.91. The van der Waals surface area contributed by atoms with E-state index in [9.17, 15) is 4.79 Å². The highest BCUT2D eigenvalue weighted by Gasteiger charge is 2.20. The molecule has 1 atom stereocenters. The van der Waals surface area contributed by atoms with Gasteiger partial charge in [-0.1, -0.05) is 35.0 Å². The predicted molar refractivity (Wildman–Crippen MR) is 103 cm³/mol. The number of hydrogen-bond acceptors (Lipinski definition) is 7. The highest BCUT2D eigenvalue weighted by molar-refractivity contribution is 8.00. The van der Waals surface area contributed by atoms with Crippen molar-refractivity contribution in [2.75, 3.05) is 7.11 Å². The lowest BCUT2D eigenvalue weighted by molar-refractivity contribution is -0.139. The van der Waals surface area contributed by atoms with Crippen molar-refractivity contribution in [3.05, 3.63) is 40.8 Å². The molecule has 27 heavy (non-hydrogen) atoms. The van der Waals surface area contributed by atoms with Gasteiger partial charge in [-0.2, -0.15) is 5.10 Å². The summed E-state index contributed by atoms with van der Waals surface area (Å²) in [5.41, 5.74) is 1.92. The van der Waals surface area contributed by atoms with Crippen LogP contribution in [-0.4, -0.2) is 47.7 Å². The standard InChI is InChI=1S/C16H12Cl2N6O2S/c1-8(15(25)26-2)27-16-22-21-14-10-6-20-24(13(10)19-7-23(14)16)9-3-4-11(17)12(18)5-9/h3-8H,1-2H3/t8-/m1/s1. The number of carbonyl (C=O) groups is 1. The topological polar surface area (TPSA) is 87.2 Å². The van der Waals surface area contributed by atoms with Gasteiger partial charge in [0.05, 0.1) is 34.4 Å². The monoisotopic (exact) mass is 422 g/mol. The molecule has 0 amide bonds. The molecule has 0 fully saturated rings. The Labute approximate surface area is 167 Å². The molecule has 3 heterocycles. The number of fused-ring (bicyclic) bond motifs is 3.